The van der Waals surface area contributed by atoms with Crippen LogP contribution >= 0.6 is 0 Å². The van der Waals surface area contributed by atoms with E-state index in [1.54, 1.807) is 27.7 Å². The SMILES string of the molecule is C/C=C(/C)C(=O)O[C@H]1[C@H]2C(=C(C)[C@@H]1OC(=O)/C(C)=C\C)[C@@H]1OC(=O)[C@@](C)(O)[C@@]1(O)[C@@H](OC(=O)C=C(C)C)C[C@]2(C)OC(C)=O. The number of esters is 5. The average Bonchev–Trinajstić information content (AvgIpc) is 3.25. The molecule has 12 nitrogen and oxygen atoms in total. The summed E-state index contributed by atoms with van der Waals surface area (Å²) in [6.45, 7) is 14.8. The monoisotopic (exact) mass is 618 g/mol. The van der Waals surface area contributed by atoms with E-state index >= 15 is 0 Å². The fourth-order valence-corrected chi connectivity index (χ4v) is 6.14. The predicted molar refractivity (Wildman–Crippen MR) is 154 cm³/mol. The lowest BCUT2D eigenvalue weighted by molar-refractivity contribution is -0.209. The van der Waals surface area contributed by atoms with Crippen LogP contribution in [-0.4, -0.2) is 81.3 Å². The lowest BCUT2D eigenvalue weighted by Crippen LogP contribution is -2.64. The van der Waals surface area contributed by atoms with E-state index in [9.17, 15) is 34.2 Å². The second kappa shape index (κ2) is 12.3. The van der Waals surface area contributed by atoms with Gasteiger partial charge in [-0.05, 0) is 73.5 Å². The van der Waals surface area contributed by atoms with E-state index in [0.717, 1.165) is 19.9 Å². The Bertz CT molecular complexity index is 1380. The van der Waals surface area contributed by atoms with Crippen molar-refractivity contribution in [1.82, 2.24) is 0 Å². The third-order valence-corrected chi connectivity index (χ3v) is 8.70. The molecule has 0 amide bonds. The highest BCUT2D eigenvalue weighted by atomic mass is 16.6. The number of allylic oxidation sites excluding steroid dienone is 3. The zero-order chi connectivity index (χ0) is 33.5. The quantitative estimate of drug-likeness (QED) is 0.185. The lowest BCUT2D eigenvalue weighted by atomic mass is 9.75. The van der Waals surface area contributed by atoms with Crippen molar-refractivity contribution in [3.63, 3.8) is 0 Å². The zero-order valence-electron chi connectivity index (χ0n) is 26.8. The maximum Gasteiger partial charge on any atom is 0.341 e. The number of carbonyl (C=O) groups is 5. The van der Waals surface area contributed by atoms with E-state index in [4.69, 9.17) is 23.7 Å². The van der Waals surface area contributed by atoms with Gasteiger partial charge in [0.2, 0.25) is 0 Å². The Balaban J connectivity index is 2.38. The molecule has 12 heteroatoms. The van der Waals surface area contributed by atoms with Gasteiger partial charge in [-0.3, -0.25) is 4.79 Å². The highest BCUT2D eigenvalue weighted by Gasteiger charge is 2.76. The minimum atomic E-state index is -2.62. The first-order chi connectivity index (χ1) is 20.3. The lowest BCUT2D eigenvalue weighted by Gasteiger charge is -2.41. The van der Waals surface area contributed by atoms with E-state index in [-0.39, 0.29) is 22.3 Å². The summed E-state index contributed by atoms with van der Waals surface area (Å²) < 4.78 is 29.0. The number of ether oxygens (including phenoxy) is 5. The summed E-state index contributed by atoms with van der Waals surface area (Å²) in [5.74, 6) is -5.55. The molecule has 0 radical (unpaired) electrons. The van der Waals surface area contributed by atoms with Crippen LogP contribution in [0, 0.1) is 5.92 Å². The maximum absolute atomic E-state index is 13.2. The van der Waals surface area contributed by atoms with E-state index in [1.165, 1.54) is 39.8 Å². The first-order valence-electron chi connectivity index (χ1n) is 14.4. The molecular weight excluding hydrogens is 576 g/mol. The van der Waals surface area contributed by atoms with Crippen LogP contribution in [0.5, 0.6) is 0 Å². The Hall–Kier alpha value is -3.77. The van der Waals surface area contributed by atoms with Crippen LogP contribution in [-0.2, 0) is 47.7 Å². The first kappa shape index (κ1) is 34.7. The van der Waals surface area contributed by atoms with Gasteiger partial charge in [0.25, 0.3) is 0 Å². The summed E-state index contributed by atoms with van der Waals surface area (Å²) in [6.07, 6.45) is -2.25. The van der Waals surface area contributed by atoms with Gasteiger partial charge >= 0.3 is 29.8 Å². The number of hydrogen-bond acceptors (Lipinski definition) is 12. The first-order valence-corrected chi connectivity index (χ1v) is 14.4. The largest absolute Gasteiger partial charge is 0.459 e. The fourth-order valence-electron chi connectivity index (χ4n) is 6.14. The van der Waals surface area contributed by atoms with Gasteiger partial charge in [0.15, 0.2) is 29.5 Å². The van der Waals surface area contributed by atoms with Crippen LogP contribution in [0.15, 0.2) is 46.1 Å². The minimum absolute atomic E-state index is 0.0926. The number of carbonyl (C=O) groups excluding carboxylic acids is 5. The van der Waals surface area contributed by atoms with Gasteiger partial charge in [-0.25, -0.2) is 19.2 Å². The van der Waals surface area contributed by atoms with Crippen molar-refractivity contribution in [2.75, 3.05) is 0 Å². The van der Waals surface area contributed by atoms with Gasteiger partial charge in [0.1, 0.15) is 11.7 Å². The van der Waals surface area contributed by atoms with Crippen molar-refractivity contribution in [1.29, 1.82) is 0 Å². The summed E-state index contributed by atoms with van der Waals surface area (Å²) in [4.78, 5) is 64.8. The molecule has 242 valence electrons. The van der Waals surface area contributed by atoms with Crippen LogP contribution in [0.4, 0.5) is 0 Å². The Morgan fingerprint density at radius 3 is 1.95 bits per heavy atom. The van der Waals surface area contributed by atoms with Crippen molar-refractivity contribution in [3.05, 3.63) is 46.1 Å². The molecule has 0 unspecified atom stereocenters. The Labute approximate surface area is 256 Å². The molecule has 2 fully saturated rings. The van der Waals surface area contributed by atoms with Gasteiger partial charge in [0, 0.05) is 30.6 Å². The second-order valence-corrected chi connectivity index (χ2v) is 12.2. The van der Waals surface area contributed by atoms with Crippen molar-refractivity contribution < 1.29 is 57.9 Å². The molecule has 2 N–H and O–H groups in total. The summed E-state index contributed by atoms with van der Waals surface area (Å²) in [5.41, 5.74) is -5.58. The topological polar surface area (TPSA) is 172 Å². The maximum atomic E-state index is 13.2. The Kier molecular flexibility index (Phi) is 9.72. The third-order valence-electron chi connectivity index (χ3n) is 8.70. The number of aliphatic hydroxyl groups is 2. The zero-order valence-corrected chi connectivity index (χ0v) is 26.8. The standard InChI is InChI=1S/C32H42O12/c1-11-16(5)27(35)41-24-18(7)22-23(25(24)42-28(36)17(6)12-2)30(9,44-19(8)33)14-20(40-21(34)13-15(3)4)32(39)26(22)43-29(37)31(32,10)38/h11-13,20,23-26,38-39H,14H2,1-10H3/b16-11-,17-12-/t20-,23+,24-,25-,26-,30-,31+,32+/m0/s1. The molecule has 1 saturated heterocycles. The van der Waals surface area contributed by atoms with Crippen LogP contribution in [0.25, 0.3) is 0 Å². The molecule has 2 aliphatic carbocycles. The van der Waals surface area contributed by atoms with Crippen LogP contribution in [0.3, 0.4) is 0 Å². The molecule has 0 aromatic carbocycles. The van der Waals surface area contributed by atoms with Gasteiger partial charge in [-0.1, -0.05) is 17.7 Å². The summed E-state index contributed by atoms with van der Waals surface area (Å²) in [7, 11) is 0. The highest BCUT2D eigenvalue weighted by molar-refractivity contribution is 5.89. The number of hydrogen-bond donors (Lipinski definition) is 2. The molecule has 1 saturated carbocycles. The Morgan fingerprint density at radius 2 is 1.45 bits per heavy atom. The van der Waals surface area contributed by atoms with Gasteiger partial charge in [0.05, 0.1) is 5.92 Å². The average molecular weight is 619 g/mol. The summed E-state index contributed by atoms with van der Waals surface area (Å²) >= 11 is 0. The fraction of sp³-hybridized carbons (Fsp3) is 0.594. The van der Waals surface area contributed by atoms with Crippen molar-refractivity contribution >= 4 is 29.8 Å². The molecule has 3 aliphatic rings. The minimum Gasteiger partial charge on any atom is -0.459 e. The third kappa shape index (κ3) is 5.84. The molecule has 0 spiro atoms. The molecule has 1 aliphatic heterocycles. The van der Waals surface area contributed by atoms with Crippen molar-refractivity contribution in [2.45, 2.75) is 117 Å². The second-order valence-electron chi connectivity index (χ2n) is 12.2. The van der Waals surface area contributed by atoms with Crippen molar-refractivity contribution in [3.8, 4) is 0 Å². The molecule has 8 atom stereocenters. The van der Waals surface area contributed by atoms with Crippen LogP contribution in [0.1, 0.15) is 75.7 Å². The normalized spacial score (nSPS) is 35.1. The van der Waals surface area contributed by atoms with E-state index in [1.807, 2.05) is 0 Å². The van der Waals surface area contributed by atoms with Gasteiger partial charge in [-0.2, -0.15) is 0 Å². The molecule has 0 aromatic heterocycles. The Morgan fingerprint density at radius 1 is 0.909 bits per heavy atom. The van der Waals surface area contributed by atoms with Crippen molar-refractivity contribution in [2.24, 2.45) is 5.92 Å². The molecule has 0 aromatic rings. The molecular formula is C32H42O12. The molecule has 0 bridgehead atoms. The summed E-state index contributed by atoms with van der Waals surface area (Å²) in [6, 6.07) is 0. The van der Waals surface area contributed by atoms with Gasteiger partial charge < -0.3 is 33.9 Å². The highest BCUT2D eigenvalue weighted by Crippen LogP contribution is 2.57. The number of fused-ring (bicyclic) bond motifs is 3. The molecule has 44 heavy (non-hydrogen) atoms. The van der Waals surface area contributed by atoms with Gasteiger partial charge in [-0.15, -0.1) is 0 Å². The molecule has 1 heterocycles. The van der Waals surface area contributed by atoms with E-state index < -0.39 is 83.4 Å². The van der Waals surface area contributed by atoms with Crippen LogP contribution in [0.2, 0.25) is 0 Å². The summed E-state index contributed by atoms with van der Waals surface area (Å²) in [5, 5.41) is 23.8. The van der Waals surface area contributed by atoms with E-state index in [0.29, 0.717) is 5.57 Å². The molecule has 3 rings (SSSR count). The van der Waals surface area contributed by atoms with Crippen LogP contribution < -0.4 is 0 Å². The smallest absolute Gasteiger partial charge is 0.341 e. The number of rotatable bonds is 7. The van der Waals surface area contributed by atoms with E-state index in [2.05, 4.69) is 0 Å². The predicted octanol–water partition coefficient (Wildman–Crippen LogP) is 2.70.